The molecule has 3 amide bonds. The second kappa shape index (κ2) is 9.56. The highest BCUT2D eigenvalue weighted by atomic mass is 16.6. The molecule has 1 aliphatic carbocycles. The van der Waals surface area contributed by atoms with Crippen LogP contribution in [0.25, 0.3) is 0 Å². The highest BCUT2D eigenvalue weighted by molar-refractivity contribution is 6.28. The van der Waals surface area contributed by atoms with Gasteiger partial charge in [0, 0.05) is 34.5 Å². The maximum atomic E-state index is 13.1. The molecule has 1 fully saturated rings. The number of alkyl carbamates (subject to hydrolysis) is 1. The summed E-state index contributed by atoms with van der Waals surface area (Å²) in [7, 11) is 0. The predicted octanol–water partition coefficient (Wildman–Crippen LogP) is 3.30. The number of benzene rings is 2. The minimum absolute atomic E-state index is 0.228. The molecule has 0 radical (unpaired) electrons. The number of carbonyl (C=O) groups is 5. The third-order valence-electron chi connectivity index (χ3n) is 6.13. The molecule has 0 unspecified atom stereocenters. The van der Waals surface area contributed by atoms with Gasteiger partial charge in [0.1, 0.15) is 17.7 Å². The Balaban J connectivity index is 1.46. The van der Waals surface area contributed by atoms with Crippen LogP contribution in [0.5, 0.6) is 0 Å². The van der Waals surface area contributed by atoms with Gasteiger partial charge in [0.2, 0.25) is 11.8 Å². The summed E-state index contributed by atoms with van der Waals surface area (Å²) in [6.45, 7) is 7.10. The van der Waals surface area contributed by atoms with E-state index < -0.39 is 29.7 Å². The Labute approximate surface area is 209 Å². The normalized spacial score (nSPS) is 17.7. The molecule has 2 N–H and O–H groups in total. The minimum Gasteiger partial charge on any atom is -0.444 e. The molecular formula is C27H29N3O6. The van der Waals surface area contributed by atoms with Crippen molar-refractivity contribution in [1.82, 2.24) is 10.2 Å². The van der Waals surface area contributed by atoms with E-state index in [1.165, 1.54) is 17.0 Å². The zero-order valence-electron chi connectivity index (χ0n) is 20.7. The quantitative estimate of drug-likeness (QED) is 0.578. The maximum absolute atomic E-state index is 13.1. The average molecular weight is 492 g/mol. The average Bonchev–Trinajstić information content (AvgIpc) is 3.31. The zero-order chi connectivity index (χ0) is 26.2. The van der Waals surface area contributed by atoms with E-state index in [4.69, 9.17) is 4.74 Å². The van der Waals surface area contributed by atoms with Crippen LogP contribution in [0, 0.1) is 0 Å². The predicted molar refractivity (Wildman–Crippen MR) is 132 cm³/mol. The molecule has 2 aliphatic rings. The van der Waals surface area contributed by atoms with E-state index in [1.807, 2.05) is 0 Å². The Hall–Kier alpha value is -4.01. The number of ether oxygens (including phenoxy) is 1. The van der Waals surface area contributed by atoms with Crippen LogP contribution < -0.4 is 10.6 Å². The number of amides is 3. The van der Waals surface area contributed by atoms with Crippen LogP contribution in [-0.4, -0.2) is 58.6 Å². The molecule has 188 valence electrons. The summed E-state index contributed by atoms with van der Waals surface area (Å²) in [6, 6.07) is 9.64. The van der Waals surface area contributed by atoms with Crippen LogP contribution >= 0.6 is 0 Å². The summed E-state index contributed by atoms with van der Waals surface area (Å²) < 4.78 is 5.21. The minimum atomic E-state index is -0.874. The number of ketones is 2. The Kier molecular flexibility index (Phi) is 6.67. The fraction of sp³-hybridized carbons (Fsp3) is 0.370. The van der Waals surface area contributed by atoms with E-state index in [0.717, 1.165) is 0 Å². The standard InChI is InChI=1S/C27H29N3O6/c1-15(28-26(35)36-27(2,3)4)25(34)30-13-7-10-21(30)24(33)29-16-11-12-19-20(14-16)23(32)18-9-6-5-8-17(18)22(19)31/h5-6,8-9,11-12,14-15,21H,7,10,13H2,1-4H3,(H,28,35)(H,29,33)/t15-,21-/m0/s1. The van der Waals surface area contributed by atoms with E-state index >= 15 is 0 Å². The topological polar surface area (TPSA) is 122 Å². The lowest BCUT2D eigenvalue weighted by atomic mass is 9.84. The third-order valence-corrected chi connectivity index (χ3v) is 6.13. The number of hydrogen-bond acceptors (Lipinski definition) is 6. The molecule has 2 aromatic carbocycles. The molecule has 2 atom stereocenters. The molecule has 1 heterocycles. The van der Waals surface area contributed by atoms with Crippen LogP contribution in [0.3, 0.4) is 0 Å². The molecule has 0 aromatic heterocycles. The van der Waals surface area contributed by atoms with E-state index in [9.17, 15) is 24.0 Å². The Morgan fingerprint density at radius 1 is 0.972 bits per heavy atom. The lowest BCUT2D eigenvalue weighted by Gasteiger charge is -2.28. The van der Waals surface area contributed by atoms with E-state index in [1.54, 1.807) is 58.0 Å². The van der Waals surface area contributed by atoms with Crippen LogP contribution in [-0.2, 0) is 14.3 Å². The molecule has 9 nitrogen and oxygen atoms in total. The van der Waals surface area contributed by atoms with Crippen LogP contribution in [0.2, 0.25) is 0 Å². The van der Waals surface area contributed by atoms with Gasteiger partial charge in [0.15, 0.2) is 11.6 Å². The maximum Gasteiger partial charge on any atom is 0.408 e. The fourth-order valence-corrected chi connectivity index (χ4v) is 4.50. The van der Waals surface area contributed by atoms with Crippen molar-refractivity contribution in [3.8, 4) is 0 Å². The number of likely N-dealkylation sites (tertiary alicyclic amines) is 1. The van der Waals surface area contributed by atoms with Crippen LogP contribution in [0.1, 0.15) is 72.4 Å². The van der Waals surface area contributed by atoms with Crippen LogP contribution in [0.15, 0.2) is 42.5 Å². The largest absolute Gasteiger partial charge is 0.444 e. The molecule has 36 heavy (non-hydrogen) atoms. The Bertz CT molecular complexity index is 1260. The molecule has 0 spiro atoms. The number of nitrogens with zero attached hydrogens (tertiary/aromatic N) is 1. The van der Waals surface area contributed by atoms with Gasteiger partial charge in [-0.05, 0) is 58.7 Å². The molecule has 0 bridgehead atoms. The van der Waals surface area contributed by atoms with Crippen molar-refractivity contribution in [2.45, 2.75) is 58.2 Å². The first kappa shape index (κ1) is 25.1. The summed E-state index contributed by atoms with van der Waals surface area (Å²) in [5.74, 6) is -1.31. The second-order valence-electron chi connectivity index (χ2n) is 10.0. The lowest BCUT2D eigenvalue weighted by molar-refractivity contribution is -0.138. The van der Waals surface area contributed by atoms with E-state index in [0.29, 0.717) is 36.2 Å². The van der Waals surface area contributed by atoms with Gasteiger partial charge in [0.05, 0.1) is 0 Å². The van der Waals surface area contributed by atoms with Gasteiger partial charge in [-0.1, -0.05) is 24.3 Å². The summed E-state index contributed by atoms with van der Waals surface area (Å²) in [5.41, 5.74) is 0.866. The van der Waals surface area contributed by atoms with Crippen molar-refractivity contribution in [3.05, 3.63) is 64.7 Å². The smallest absolute Gasteiger partial charge is 0.408 e. The summed E-state index contributed by atoms with van der Waals surface area (Å²) in [6.07, 6.45) is 0.391. The van der Waals surface area contributed by atoms with E-state index in [-0.39, 0.29) is 28.6 Å². The molecule has 9 heteroatoms. The van der Waals surface area contributed by atoms with Gasteiger partial charge in [-0.25, -0.2) is 4.79 Å². The Morgan fingerprint density at radius 3 is 2.22 bits per heavy atom. The molecule has 0 saturated carbocycles. The van der Waals surface area contributed by atoms with Gasteiger partial charge < -0.3 is 20.3 Å². The molecular weight excluding hydrogens is 462 g/mol. The van der Waals surface area contributed by atoms with E-state index in [2.05, 4.69) is 10.6 Å². The summed E-state index contributed by atoms with van der Waals surface area (Å²) in [5, 5.41) is 5.30. The van der Waals surface area contributed by atoms with Gasteiger partial charge in [-0.3, -0.25) is 19.2 Å². The van der Waals surface area contributed by atoms with Crippen LogP contribution in [0.4, 0.5) is 10.5 Å². The molecule has 2 aromatic rings. The monoisotopic (exact) mass is 491 g/mol. The number of fused-ring (bicyclic) bond motifs is 2. The van der Waals surface area contributed by atoms with Crippen molar-refractivity contribution in [3.63, 3.8) is 0 Å². The first-order valence-electron chi connectivity index (χ1n) is 11.9. The van der Waals surface area contributed by atoms with Gasteiger partial charge in [0.25, 0.3) is 0 Å². The lowest BCUT2D eigenvalue weighted by Crippen LogP contribution is -2.52. The van der Waals surface area contributed by atoms with Crippen molar-refractivity contribution in [1.29, 1.82) is 0 Å². The zero-order valence-corrected chi connectivity index (χ0v) is 20.7. The first-order valence-corrected chi connectivity index (χ1v) is 11.9. The number of carbonyl (C=O) groups excluding carboxylic acids is 5. The van der Waals surface area contributed by atoms with Crippen molar-refractivity contribution < 1.29 is 28.7 Å². The molecule has 1 aliphatic heterocycles. The van der Waals surface area contributed by atoms with Crippen molar-refractivity contribution in [2.75, 3.05) is 11.9 Å². The van der Waals surface area contributed by atoms with Crippen molar-refractivity contribution in [2.24, 2.45) is 0 Å². The molecule has 4 rings (SSSR count). The third kappa shape index (κ3) is 5.00. The summed E-state index contributed by atoms with van der Waals surface area (Å²) in [4.78, 5) is 65.4. The number of rotatable bonds is 4. The second-order valence-corrected chi connectivity index (χ2v) is 10.0. The fourth-order valence-electron chi connectivity index (χ4n) is 4.50. The highest BCUT2D eigenvalue weighted by Gasteiger charge is 2.37. The SMILES string of the molecule is C[C@H](NC(=O)OC(C)(C)C)C(=O)N1CCC[C@H]1C(=O)Nc1ccc2c(c1)C(=O)c1ccccc1C2=O. The first-order chi connectivity index (χ1) is 17.0. The number of nitrogens with one attached hydrogen (secondary N) is 2. The molecule has 1 saturated heterocycles. The van der Waals surface area contributed by atoms with Gasteiger partial charge in [-0.15, -0.1) is 0 Å². The summed E-state index contributed by atoms with van der Waals surface area (Å²) >= 11 is 0. The highest BCUT2D eigenvalue weighted by Crippen LogP contribution is 2.29. The van der Waals surface area contributed by atoms with Gasteiger partial charge >= 0.3 is 6.09 Å². The van der Waals surface area contributed by atoms with Gasteiger partial charge in [-0.2, -0.15) is 0 Å². The Morgan fingerprint density at radius 2 is 1.58 bits per heavy atom. The number of anilines is 1. The number of hydrogen-bond donors (Lipinski definition) is 2. The van der Waals surface area contributed by atoms with Crippen molar-refractivity contribution >= 4 is 35.2 Å².